The van der Waals surface area contributed by atoms with Gasteiger partial charge in [-0.05, 0) is 36.4 Å². The monoisotopic (exact) mass is 342 g/mol. The number of hydrogen-bond acceptors (Lipinski definition) is 5. The first-order valence-corrected chi connectivity index (χ1v) is 9.28. The van der Waals surface area contributed by atoms with Crippen LogP contribution < -0.4 is 10.1 Å². The Hall–Kier alpha value is -1.98. The van der Waals surface area contributed by atoms with Gasteiger partial charge in [0.15, 0.2) is 0 Å². The van der Waals surface area contributed by atoms with Gasteiger partial charge in [-0.3, -0.25) is 0 Å². The van der Waals surface area contributed by atoms with Gasteiger partial charge in [0, 0.05) is 23.1 Å². The lowest BCUT2D eigenvalue weighted by Gasteiger charge is -2.14. The summed E-state index contributed by atoms with van der Waals surface area (Å²) >= 11 is 1.78. The summed E-state index contributed by atoms with van der Waals surface area (Å²) in [6.07, 6.45) is 1.05. The summed E-state index contributed by atoms with van der Waals surface area (Å²) in [5, 5.41) is 14.6. The maximum atomic E-state index is 8.83. The highest BCUT2D eigenvalue weighted by molar-refractivity contribution is 7.99. The van der Waals surface area contributed by atoms with Crippen LogP contribution >= 0.6 is 11.8 Å². The second-order valence-corrected chi connectivity index (χ2v) is 6.73. The van der Waals surface area contributed by atoms with Crippen molar-refractivity contribution in [3.8, 4) is 5.75 Å². The molecule has 0 bridgehead atoms. The first-order chi connectivity index (χ1) is 11.8. The molecule has 5 heteroatoms. The lowest BCUT2D eigenvalue weighted by molar-refractivity contribution is 0.322. The molecule has 0 atom stereocenters. The molecule has 0 saturated heterocycles. The lowest BCUT2D eigenvalue weighted by Crippen LogP contribution is -2.05. The summed E-state index contributed by atoms with van der Waals surface area (Å²) < 4.78 is 5.38. The molecule has 2 aromatic carbocycles. The Bertz CT molecular complexity index is 823. The predicted octanol–water partition coefficient (Wildman–Crippen LogP) is 3.92. The number of hydrogen-bond donors (Lipinski definition) is 2. The molecule has 0 saturated carbocycles. The van der Waals surface area contributed by atoms with Gasteiger partial charge >= 0.3 is 0 Å². The molecule has 0 aliphatic rings. The van der Waals surface area contributed by atoms with E-state index >= 15 is 0 Å². The number of aliphatic hydroxyl groups is 1. The summed E-state index contributed by atoms with van der Waals surface area (Å²) in [4.78, 5) is 4.76. The number of para-hydroxylation sites is 1. The third-order valence-corrected chi connectivity index (χ3v) is 4.94. The van der Waals surface area contributed by atoms with E-state index in [0.29, 0.717) is 0 Å². The third-order valence-electron chi connectivity index (χ3n) is 3.89. The summed E-state index contributed by atoms with van der Waals surface area (Å²) in [6.45, 7) is 1.14. The molecule has 0 fully saturated rings. The molecule has 126 valence electrons. The number of aliphatic hydroxyl groups excluding tert-OH is 1. The normalized spacial score (nSPS) is 11.1. The zero-order chi connectivity index (χ0) is 16.8. The topological polar surface area (TPSA) is 54.4 Å². The molecule has 24 heavy (non-hydrogen) atoms. The third kappa shape index (κ3) is 3.74. The number of thioether (sulfide) groups is 1. The fourth-order valence-electron chi connectivity index (χ4n) is 2.74. The average molecular weight is 342 g/mol. The molecule has 0 amide bonds. The number of pyridine rings is 1. The fourth-order valence-corrected chi connectivity index (χ4v) is 3.42. The zero-order valence-corrected chi connectivity index (χ0v) is 14.6. The van der Waals surface area contributed by atoms with Gasteiger partial charge in [-0.1, -0.05) is 18.2 Å². The number of ether oxygens (including phenoxy) is 1. The first kappa shape index (κ1) is 16.9. The first-order valence-electron chi connectivity index (χ1n) is 8.12. The van der Waals surface area contributed by atoms with Crippen LogP contribution in [0.15, 0.2) is 42.5 Å². The Morgan fingerprint density at radius 3 is 2.75 bits per heavy atom. The van der Waals surface area contributed by atoms with Crippen molar-refractivity contribution in [3.05, 3.63) is 42.5 Å². The van der Waals surface area contributed by atoms with E-state index in [0.717, 1.165) is 57.7 Å². The summed E-state index contributed by atoms with van der Waals surface area (Å²) in [6, 6.07) is 14.2. The Kier molecular flexibility index (Phi) is 5.77. The van der Waals surface area contributed by atoms with Crippen LogP contribution in [0.5, 0.6) is 5.75 Å². The van der Waals surface area contributed by atoms with Crippen LogP contribution in [0.1, 0.15) is 6.42 Å². The largest absolute Gasteiger partial charge is 0.497 e. The number of fused-ring (bicyclic) bond motifs is 2. The molecule has 3 rings (SSSR count). The van der Waals surface area contributed by atoms with Crippen LogP contribution in [0.4, 0.5) is 5.69 Å². The highest BCUT2D eigenvalue weighted by Gasteiger charge is 2.09. The van der Waals surface area contributed by atoms with Crippen LogP contribution in [-0.2, 0) is 0 Å². The molecule has 0 aliphatic heterocycles. The van der Waals surface area contributed by atoms with Gasteiger partial charge in [-0.25, -0.2) is 4.98 Å². The Morgan fingerprint density at radius 2 is 1.92 bits per heavy atom. The van der Waals surface area contributed by atoms with Crippen molar-refractivity contribution in [1.82, 2.24) is 4.98 Å². The van der Waals surface area contributed by atoms with E-state index in [1.807, 2.05) is 36.4 Å². The number of rotatable bonds is 8. The Labute approximate surface area is 146 Å². The van der Waals surface area contributed by atoms with E-state index in [-0.39, 0.29) is 6.61 Å². The minimum Gasteiger partial charge on any atom is -0.497 e. The molecule has 2 N–H and O–H groups in total. The molecule has 4 nitrogen and oxygen atoms in total. The maximum absolute atomic E-state index is 8.83. The van der Waals surface area contributed by atoms with E-state index < -0.39 is 0 Å². The van der Waals surface area contributed by atoms with E-state index in [4.69, 9.17) is 14.8 Å². The van der Waals surface area contributed by atoms with Crippen LogP contribution in [0, 0.1) is 0 Å². The van der Waals surface area contributed by atoms with E-state index in [1.165, 1.54) is 0 Å². The predicted molar refractivity (Wildman–Crippen MR) is 103 cm³/mol. The SMILES string of the molecule is COc1ccc2nc3ccccc3c(NCCCSCCO)c2c1. The molecule has 0 aliphatic carbocycles. The summed E-state index contributed by atoms with van der Waals surface area (Å²) in [5.74, 6) is 2.68. The van der Waals surface area contributed by atoms with Crippen molar-refractivity contribution < 1.29 is 9.84 Å². The summed E-state index contributed by atoms with van der Waals surface area (Å²) in [7, 11) is 1.68. The van der Waals surface area contributed by atoms with Crippen molar-refractivity contribution in [2.45, 2.75) is 6.42 Å². The van der Waals surface area contributed by atoms with Gasteiger partial charge < -0.3 is 15.2 Å². The number of anilines is 1. The van der Waals surface area contributed by atoms with Gasteiger partial charge in [-0.15, -0.1) is 0 Å². The van der Waals surface area contributed by atoms with Gasteiger partial charge in [0.2, 0.25) is 0 Å². The van der Waals surface area contributed by atoms with Crippen molar-refractivity contribution in [2.24, 2.45) is 0 Å². The summed E-state index contributed by atoms with van der Waals surface area (Å²) in [5.41, 5.74) is 3.07. The average Bonchev–Trinajstić information content (AvgIpc) is 2.63. The second kappa shape index (κ2) is 8.22. The van der Waals surface area contributed by atoms with Gasteiger partial charge in [0.1, 0.15) is 5.75 Å². The van der Waals surface area contributed by atoms with Crippen molar-refractivity contribution in [3.63, 3.8) is 0 Å². The number of aromatic nitrogens is 1. The second-order valence-electron chi connectivity index (χ2n) is 5.50. The van der Waals surface area contributed by atoms with Gasteiger partial charge in [-0.2, -0.15) is 11.8 Å². The van der Waals surface area contributed by atoms with E-state index in [2.05, 4.69) is 11.4 Å². The van der Waals surface area contributed by atoms with Gasteiger partial charge in [0.25, 0.3) is 0 Å². The van der Waals surface area contributed by atoms with Gasteiger partial charge in [0.05, 0.1) is 30.4 Å². The quantitative estimate of drug-likeness (QED) is 0.480. The highest BCUT2D eigenvalue weighted by Crippen LogP contribution is 2.32. The van der Waals surface area contributed by atoms with Crippen molar-refractivity contribution in [2.75, 3.05) is 37.1 Å². The van der Waals surface area contributed by atoms with Crippen LogP contribution in [0.25, 0.3) is 21.8 Å². The van der Waals surface area contributed by atoms with E-state index in [9.17, 15) is 0 Å². The smallest absolute Gasteiger partial charge is 0.119 e. The standard InChI is InChI=1S/C19H22N2O2S/c1-23-14-7-8-18-16(13-14)19(20-9-4-11-24-12-10-22)15-5-2-3-6-17(15)21-18/h2-3,5-8,13,22H,4,9-12H2,1H3,(H,20,21). The Balaban J connectivity index is 1.91. The van der Waals surface area contributed by atoms with Crippen LogP contribution in [0.2, 0.25) is 0 Å². The van der Waals surface area contributed by atoms with E-state index in [1.54, 1.807) is 18.9 Å². The molecule has 1 heterocycles. The highest BCUT2D eigenvalue weighted by atomic mass is 32.2. The molecule has 0 unspecified atom stereocenters. The molecular formula is C19H22N2O2S. The molecule has 0 spiro atoms. The van der Waals surface area contributed by atoms with Crippen molar-refractivity contribution >= 4 is 39.3 Å². The number of methoxy groups -OCH3 is 1. The zero-order valence-electron chi connectivity index (χ0n) is 13.8. The number of benzene rings is 2. The molecular weight excluding hydrogens is 320 g/mol. The molecule has 0 radical (unpaired) electrons. The number of nitrogens with zero attached hydrogens (tertiary/aromatic N) is 1. The van der Waals surface area contributed by atoms with Crippen molar-refractivity contribution in [1.29, 1.82) is 0 Å². The molecule has 1 aromatic heterocycles. The Morgan fingerprint density at radius 1 is 1.08 bits per heavy atom. The minimum absolute atomic E-state index is 0.248. The van der Waals surface area contributed by atoms with Crippen LogP contribution in [0.3, 0.4) is 0 Å². The fraction of sp³-hybridized carbons (Fsp3) is 0.316. The number of nitrogens with one attached hydrogen (secondary N) is 1. The maximum Gasteiger partial charge on any atom is 0.119 e. The lowest BCUT2D eigenvalue weighted by atomic mass is 10.1. The minimum atomic E-state index is 0.248. The molecule has 3 aromatic rings. The van der Waals surface area contributed by atoms with Crippen LogP contribution in [-0.4, -0.2) is 41.9 Å².